The number of rotatable bonds is 4. The molecule has 1 aliphatic carbocycles. The maximum Gasteiger partial charge on any atom is 0.0726 e. The zero-order valence-electron chi connectivity index (χ0n) is 15.2. The fraction of sp³-hybridized carbons (Fsp3) is 0.571. The summed E-state index contributed by atoms with van der Waals surface area (Å²) in [5.74, 6) is 0. The Bertz CT molecular complexity index is 751. The number of benzene rings is 1. The van der Waals surface area contributed by atoms with Crippen LogP contribution in [0.2, 0.25) is 0 Å². The van der Waals surface area contributed by atoms with E-state index in [1.807, 2.05) is 6.92 Å². The summed E-state index contributed by atoms with van der Waals surface area (Å²) in [6.07, 6.45) is 3.77. The largest absolute Gasteiger partial charge is 0.392 e. The number of aromatic nitrogens is 1. The van der Waals surface area contributed by atoms with Gasteiger partial charge in [-0.15, -0.1) is 0 Å². The van der Waals surface area contributed by atoms with Gasteiger partial charge in [0.1, 0.15) is 0 Å². The number of para-hydroxylation sites is 1. The first-order chi connectivity index (χ1) is 12.2. The van der Waals surface area contributed by atoms with E-state index in [2.05, 4.69) is 42.2 Å². The zero-order chi connectivity index (χ0) is 17.4. The predicted molar refractivity (Wildman–Crippen MR) is 101 cm³/mol. The SMILES string of the molecule is CCOC1CC(O)C12CCN(c1cc(CC)nc3ccccc13)CC2. The lowest BCUT2D eigenvalue weighted by molar-refractivity contribution is -0.199. The van der Waals surface area contributed by atoms with Gasteiger partial charge in [0.2, 0.25) is 0 Å². The fourth-order valence-corrected chi connectivity index (χ4v) is 4.63. The Balaban J connectivity index is 1.60. The predicted octanol–water partition coefficient (Wildman–Crippen LogP) is 3.55. The summed E-state index contributed by atoms with van der Waals surface area (Å²) in [7, 11) is 0. The van der Waals surface area contributed by atoms with Crippen LogP contribution < -0.4 is 4.90 Å². The molecule has 1 aliphatic heterocycles. The van der Waals surface area contributed by atoms with E-state index >= 15 is 0 Å². The van der Waals surface area contributed by atoms with Gasteiger partial charge in [0, 0.05) is 48.3 Å². The van der Waals surface area contributed by atoms with Crippen LogP contribution in [0.4, 0.5) is 5.69 Å². The summed E-state index contributed by atoms with van der Waals surface area (Å²) in [4.78, 5) is 7.24. The topological polar surface area (TPSA) is 45.6 Å². The van der Waals surface area contributed by atoms with Crippen LogP contribution in [0.5, 0.6) is 0 Å². The second-order valence-corrected chi connectivity index (χ2v) is 7.42. The van der Waals surface area contributed by atoms with E-state index < -0.39 is 0 Å². The molecule has 0 radical (unpaired) electrons. The first-order valence-electron chi connectivity index (χ1n) is 9.61. The lowest BCUT2D eigenvalue weighted by atomic mass is 9.58. The van der Waals surface area contributed by atoms with E-state index in [-0.39, 0.29) is 17.6 Å². The molecule has 1 saturated heterocycles. The fourth-order valence-electron chi connectivity index (χ4n) is 4.63. The molecule has 2 unspecified atom stereocenters. The van der Waals surface area contributed by atoms with Gasteiger partial charge in [0.05, 0.1) is 17.7 Å². The number of nitrogens with zero attached hydrogens (tertiary/aromatic N) is 2. The Morgan fingerprint density at radius 1 is 1.24 bits per heavy atom. The quantitative estimate of drug-likeness (QED) is 0.924. The molecule has 1 N–H and O–H groups in total. The molecule has 4 rings (SSSR count). The summed E-state index contributed by atoms with van der Waals surface area (Å²) in [5, 5.41) is 11.7. The van der Waals surface area contributed by atoms with E-state index in [0.29, 0.717) is 0 Å². The smallest absolute Gasteiger partial charge is 0.0726 e. The number of hydrogen-bond acceptors (Lipinski definition) is 4. The highest BCUT2D eigenvalue weighted by molar-refractivity contribution is 5.92. The van der Waals surface area contributed by atoms with E-state index in [9.17, 15) is 5.11 Å². The average molecular weight is 340 g/mol. The third-order valence-electron chi connectivity index (χ3n) is 6.25. The molecule has 1 saturated carbocycles. The molecular formula is C21H28N2O2. The Labute approximate surface area is 149 Å². The summed E-state index contributed by atoms with van der Waals surface area (Å²) < 4.78 is 5.90. The van der Waals surface area contributed by atoms with Crippen molar-refractivity contribution in [1.82, 2.24) is 4.98 Å². The summed E-state index contributed by atoms with van der Waals surface area (Å²) >= 11 is 0. The van der Waals surface area contributed by atoms with Crippen LogP contribution in [0.3, 0.4) is 0 Å². The number of hydrogen-bond donors (Lipinski definition) is 1. The van der Waals surface area contributed by atoms with Crippen molar-refractivity contribution in [2.24, 2.45) is 5.41 Å². The van der Waals surface area contributed by atoms with E-state index in [4.69, 9.17) is 9.72 Å². The van der Waals surface area contributed by atoms with Gasteiger partial charge < -0.3 is 14.7 Å². The molecule has 2 fully saturated rings. The van der Waals surface area contributed by atoms with E-state index in [1.165, 1.54) is 11.1 Å². The Morgan fingerprint density at radius 2 is 2.00 bits per heavy atom. The van der Waals surface area contributed by atoms with Crippen molar-refractivity contribution >= 4 is 16.6 Å². The molecular weight excluding hydrogens is 312 g/mol. The Hall–Kier alpha value is -1.65. The molecule has 0 bridgehead atoms. The van der Waals surface area contributed by atoms with Crippen molar-refractivity contribution in [2.45, 2.75) is 51.7 Å². The maximum absolute atomic E-state index is 10.4. The van der Waals surface area contributed by atoms with Crippen molar-refractivity contribution in [1.29, 1.82) is 0 Å². The van der Waals surface area contributed by atoms with Crippen molar-refractivity contribution < 1.29 is 9.84 Å². The molecule has 2 heterocycles. The minimum Gasteiger partial charge on any atom is -0.392 e. The lowest BCUT2D eigenvalue weighted by Crippen LogP contribution is -2.62. The van der Waals surface area contributed by atoms with Crippen LogP contribution in [-0.2, 0) is 11.2 Å². The molecule has 25 heavy (non-hydrogen) atoms. The summed E-state index contributed by atoms with van der Waals surface area (Å²) in [6, 6.07) is 10.7. The number of fused-ring (bicyclic) bond motifs is 1. The normalized spacial score (nSPS) is 25.3. The molecule has 4 heteroatoms. The number of aliphatic hydroxyl groups excluding tert-OH is 1. The summed E-state index contributed by atoms with van der Waals surface area (Å²) in [5.41, 5.74) is 3.49. The van der Waals surface area contributed by atoms with Gasteiger partial charge in [0.15, 0.2) is 0 Å². The molecule has 4 nitrogen and oxygen atoms in total. The van der Waals surface area contributed by atoms with Gasteiger partial charge in [-0.2, -0.15) is 0 Å². The molecule has 134 valence electrons. The highest BCUT2D eigenvalue weighted by Crippen LogP contribution is 2.51. The minimum absolute atomic E-state index is 0.0249. The second-order valence-electron chi connectivity index (χ2n) is 7.42. The highest BCUT2D eigenvalue weighted by Gasteiger charge is 2.56. The molecule has 0 amide bonds. The van der Waals surface area contributed by atoms with Crippen LogP contribution in [0.25, 0.3) is 10.9 Å². The van der Waals surface area contributed by atoms with Crippen LogP contribution >= 0.6 is 0 Å². The second kappa shape index (κ2) is 6.58. The van der Waals surface area contributed by atoms with Crippen LogP contribution in [-0.4, -0.2) is 42.0 Å². The van der Waals surface area contributed by atoms with Gasteiger partial charge in [-0.25, -0.2) is 0 Å². The highest BCUT2D eigenvalue weighted by atomic mass is 16.5. The van der Waals surface area contributed by atoms with E-state index in [0.717, 1.165) is 56.6 Å². The third kappa shape index (κ3) is 2.72. The monoisotopic (exact) mass is 340 g/mol. The minimum atomic E-state index is -0.202. The Morgan fingerprint density at radius 3 is 2.68 bits per heavy atom. The third-order valence-corrected chi connectivity index (χ3v) is 6.25. The van der Waals surface area contributed by atoms with Gasteiger partial charge in [-0.1, -0.05) is 25.1 Å². The maximum atomic E-state index is 10.4. The molecule has 1 spiro atoms. The molecule has 2 aliphatic rings. The number of piperidine rings is 1. The molecule has 2 aromatic rings. The van der Waals surface area contributed by atoms with Crippen molar-refractivity contribution in [3.63, 3.8) is 0 Å². The summed E-state index contributed by atoms with van der Waals surface area (Å²) in [6.45, 7) is 6.87. The average Bonchev–Trinajstić information content (AvgIpc) is 2.67. The molecule has 1 aromatic carbocycles. The number of pyridine rings is 1. The van der Waals surface area contributed by atoms with Crippen LogP contribution in [0, 0.1) is 5.41 Å². The number of anilines is 1. The van der Waals surface area contributed by atoms with Gasteiger partial charge >= 0.3 is 0 Å². The van der Waals surface area contributed by atoms with Crippen molar-refractivity contribution in [3.8, 4) is 0 Å². The first-order valence-corrected chi connectivity index (χ1v) is 9.61. The van der Waals surface area contributed by atoms with Crippen LogP contribution in [0.1, 0.15) is 38.8 Å². The van der Waals surface area contributed by atoms with Crippen LogP contribution in [0.15, 0.2) is 30.3 Å². The van der Waals surface area contributed by atoms with Gasteiger partial charge in [-0.05, 0) is 38.3 Å². The van der Waals surface area contributed by atoms with Gasteiger partial charge in [0.25, 0.3) is 0 Å². The molecule has 1 aromatic heterocycles. The number of ether oxygens (including phenoxy) is 1. The zero-order valence-corrected chi connectivity index (χ0v) is 15.2. The van der Waals surface area contributed by atoms with Crippen molar-refractivity contribution in [2.75, 3.05) is 24.6 Å². The lowest BCUT2D eigenvalue weighted by Gasteiger charge is -2.57. The Kier molecular flexibility index (Phi) is 4.42. The van der Waals surface area contributed by atoms with Crippen molar-refractivity contribution in [3.05, 3.63) is 36.0 Å². The van der Waals surface area contributed by atoms with E-state index in [1.54, 1.807) is 0 Å². The number of aryl methyl sites for hydroxylation is 1. The molecule has 2 atom stereocenters. The standard InChI is InChI=1S/C21H28N2O2/c1-3-15-13-18(16-7-5-6-8-17(16)22-15)23-11-9-21(10-12-23)19(24)14-20(21)25-4-2/h5-8,13,19-20,24H,3-4,9-12,14H2,1-2H3. The van der Waals surface area contributed by atoms with Gasteiger partial charge in [-0.3, -0.25) is 4.98 Å². The number of aliphatic hydroxyl groups is 1. The first kappa shape index (κ1) is 16.8.